The smallest absolute Gasteiger partial charge is 0.221 e. The highest BCUT2D eigenvalue weighted by Crippen LogP contribution is 2.44. The molecule has 1 aliphatic heterocycles. The standard InChI is InChI=1S/C11H20N2O/c1-11(2)7-9(11)13-10(14)6-8-4-3-5-12-8/h8-9,12H,3-7H2,1-2H3,(H,13,14). The maximum absolute atomic E-state index is 11.6. The van der Waals surface area contributed by atoms with Crippen LogP contribution in [0.4, 0.5) is 0 Å². The molecule has 0 radical (unpaired) electrons. The van der Waals surface area contributed by atoms with Gasteiger partial charge in [0, 0.05) is 18.5 Å². The van der Waals surface area contributed by atoms with Crippen molar-refractivity contribution < 1.29 is 4.79 Å². The van der Waals surface area contributed by atoms with Crippen molar-refractivity contribution in [2.24, 2.45) is 5.41 Å². The second-order valence-corrected chi connectivity index (χ2v) is 5.31. The van der Waals surface area contributed by atoms with Gasteiger partial charge in [0.1, 0.15) is 0 Å². The SMILES string of the molecule is CC1(C)CC1NC(=O)CC1CCCN1. The molecule has 0 aromatic heterocycles. The number of hydrogen-bond donors (Lipinski definition) is 2. The minimum absolute atomic E-state index is 0.222. The molecule has 80 valence electrons. The molecule has 3 nitrogen and oxygen atoms in total. The van der Waals surface area contributed by atoms with Gasteiger partial charge in [-0.15, -0.1) is 0 Å². The van der Waals surface area contributed by atoms with Crippen molar-refractivity contribution in [2.75, 3.05) is 6.54 Å². The van der Waals surface area contributed by atoms with E-state index in [1.165, 1.54) is 6.42 Å². The van der Waals surface area contributed by atoms with Crippen LogP contribution < -0.4 is 10.6 Å². The molecule has 1 saturated carbocycles. The second kappa shape index (κ2) is 3.54. The Morgan fingerprint density at radius 2 is 2.29 bits per heavy atom. The van der Waals surface area contributed by atoms with Crippen molar-refractivity contribution in [3.05, 3.63) is 0 Å². The summed E-state index contributed by atoms with van der Waals surface area (Å²) in [4.78, 5) is 11.6. The third-order valence-corrected chi connectivity index (χ3v) is 3.44. The summed E-state index contributed by atoms with van der Waals surface area (Å²) < 4.78 is 0. The van der Waals surface area contributed by atoms with Crippen molar-refractivity contribution in [1.82, 2.24) is 10.6 Å². The van der Waals surface area contributed by atoms with Crippen molar-refractivity contribution in [1.29, 1.82) is 0 Å². The van der Waals surface area contributed by atoms with Crippen LogP contribution in [0, 0.1) is 5.41 Å². The van der Waals surface area contributed by atoms with Gasteiger partial charge in [-0.3, -0.25) is 4.79 Å². The lowest BCUT2D eigenvalue weighted by atomic mass is 10.1. The van der Waals surface area contributed by atoms with E-state index in [2.05, 4.69) is 24.5 Å². The van der Waals surface area contributed by atoms with Gasteiger partial charge in [-0.25, -0.2) is 0 Å². The quantitative estimate of drug-likeness (QED) is 0.708. The lowest BCUT2D eigenvalue weighted by Gasteiger charge is -2.11. The lowest BCUT2D eigenvalue weighted by molar-refractivity contribution is -0.121. The zero-order valence-corrected chi connectivity index (χ0v) is 9.10. The van der Waals surface area contributed by atoms with Gasteiger partial charge in [0.25, 0.3) is 0 Å². The zero-order chi connectivity index (χ0) is 10.2. The molecule has 2 aliphatic rings. The van der Waals surface area contributed by atoms with Crippen molar-refractivity contribution in [3.8, 4) is 0 Å². The number of hydrogen-bond acceptors (Lipinski definition) is 2. The highest BCUT2D eigenvalue weighted by molar-refractivity contribution is 5.77. The highest BCUT2D eigenvalue weighted by atomic mass is 16.1. The van der Waals surface area contributed by atoms with Crippen LogP contribution in [0.2, 0.25) is 0 Å². The molecule has 0 bridgehead atoms. The van der Waals surface area contributed by atoms with Gasteiger partial charge in [-0.05, 0) is 31.2 Å². The van der Waals surface area contributed by atoms with Crippen LogP contribution in [-0.4, -0.2) is 24.5 Å². The van der Waals surface area contributed by atoms with E-state index in [1.807, 2.05) is 0 Å². The molecule has 1 saturated heterocycles. The van der Waals surface area contributed by atoms with Crippen LogP contribution in [0.15, 0.2) is 0 Å². The first-order valence-electron chi connectivity index (χ1n) is 5.61. The zero-order valence-electron chi connectivity index (χ0n) is 9.10. The van der Waals surface area contributed by atoms with Gasteiger partial charge < -0.3 is 10.6 Å². The van der Waals surface area contributed by atoms with Crippen LogP contribution in [0.1, 0.15) is 39.5 Å². The molecular formula is C11H20N2O. The highest BCUT2D eigenvalue weighted by Gasteiger charge is 2.46. The molecule has 2 atom stereocenters. The molecule has 2 rings (SSSR count). The predicted octanol–water partition coefficient (Wildman–Crippen LogP) is 1.04. The summed E-state index contributed by atoms with van der Waals surface area (Å²) in [5.74, 6) is 0.222. The lowest BCUT2D eigenvalue weighted by Crippen LogP contribution is -2.34. The van der Waals surface area contributed by atoms with Gasteiger partial charge in [-0.1, -0.05) is 13.8 Å². The molecule has 3 heteroatoms. The molecule has 0 aromatic rings. The fourth-order valence-electron chi connectivity index (χ4n) is 2.12. The molecule has 14 heavy (non-hydrogen) atoms. The summed E-state index contributed by atoms with van der Waals surface area (Å²) in [6.07, 6.45) is 4.16. The topological polar surface area (TPSA) is 41.1 Å². The molecular weight excluding hydrogens is 176 g/mol. The fraction of sp³-hybridized carbons (Fsp3) is 0.909. The average molecular weight is 196 g/mol. The minimum atomic E-state index is 0.222. The monoisotopic (exact) mass is 196 g/mol. The van der Waals surface area contributed by atoms with E-state index in [4.69, 9.17) is 0 Å². The molecule has 2 unspecified atom stereocenters. The fourth-order valence-corrected chi connectivity index (χ4v) is 2.12. The van der Waals surface area contributed by atoms with Gasteiger partial charge >= 0.3 is 0 Å². The summed E-state index contributed by atoms with van der Waals surface area (Å²) in [5.41, 5.74) is 0.346. The number of carbonyl (C=O) groups excluding carboxylic acids is 1. The Bertz CT molecular complexity index is 223. The van der Waals surface area contributed by atoms with E-state index < -0.39 is 0 Å². The van der Waals surface area contributed by atoms with Crippen LogP contribution in [0.25, 0.3) is 0 Å². The maximum Gasteiger partial charge on any atom is 0.221 e. The molecule has 2 N–H and O–H groups in total. The van der Waals surface area contributed by atoms with E-state index in [0.717, 1.165) is 19.4 Å². The number of rotatable bonds is 3. The summed E-state index contributed by atoms with van der Waals surface area (Å²) >= 11 is 0. The molecule has 1 heterocycles. The van der Waals surface area contributed by atoms with Crippen molar-refractivity contribution in [3.63, 3.8) is 0 Å². The Morgan fingerprint density at radius 3 is 2.79 bits per heavy atom. The summed E-state index contributed by atoms with van der Waals surface area (Å²) in [5, 5.41) is 6.43. The Morgan fingerprint density at radius 1 is 1.57 bits per heavy atom. The van der Waals surface area contributed by atoms with E-state index in [0.29, 0.717) is 23.9 Å². The van der Waals surface area contributed by atoms with E-state index in [1.54, 1.807) is 0 Å². The molecule has 1 aliphatic carbocycles. The van der Waals surface area contributed by atoms with Gasteiger partial charge in [0.2, 0.25) is 5.91 Å². The third kappa shape index (κ3) is 2.27. The van der Waals surface area contributed by atoms with Gasteiger partial charge in [0.05, 0.1) is 0 Å². The first kappa shape index (κ1) is 9.97. The van der Waals surface area contributed by atoms with Crippen LogP contribution in [-0.2, 0) is 4.79 Å². The Kier molecular flexibility index (Phi) is 2.52. The molecule has 0 spiro atoms. The van der Waals surface area contributed by atoms with Crippen molar-refractivity contribution in [2.45, 2.75) is 51.6 Å². The minimum Gasteiger partial charge on any atom is -0.353 e. The maximum atomic E-state index is 11.6. The van der Waals surface area contributed by atoms with E-state index >= 15 is 0 Å². The summed E-state index contributed by atoms with van der Waals surface area (Å²) in [7, 11) is 0. The third-order valence-electron chi connectivity index (χ3n) is 3.44. The van der Waals surface area contributed by atoms with Crippen molar-refractivity contribution >= 4 is 5.91 Å². The average Bonchev–Trinajstić information content (AvgIpc) is 2.49. The largest absolute Gasteiger partial charge is 0.353 e. The Hall–Kier alpha value is -0.570. The van der Waals surface area contributed by atoms with Crippen LogP contribution >= 0.6 is 0 Å². The van der Waals surface area contributed by atoms with Crippen LogP contribution in [0.3, 0.4) is 0 Å². The van der Waals surface area contributed by atoms with E-state index in [-0.39, 0.29) is 5.91 Å². The first-order valence-corrected chi connectivity index (χ1v) is 5.61. The van der Waals surface area contributed by atoms with Gasteiger partial charge in [0.15, 0.2) is 0 Å². The Labute approximate surface area is 85.6 Å². The number of amides is 1. The molecule has 1 amide bonds. The molecule has 0 aromatic carbocycles. The van der Waals surface area contributed by atoms with Gasteiger partial charge in [-0.2, -0.15) is 0 Å². The molecule has 2 fully saturated rings. The normalized spacial score (nSPS) is 34.1. The number of nitrogens with one attached hydrogen (secondary N) is 2. The first-order chi connectivity index (χ1) is 6.58. The Balaban J connectivity index is 1.69. The number of carbonyl (C=O) groups is 1. The second-order valence-electron chi connectivity index (χ2n) is 5.31. The van der Waals surface area contributed by atoms with E-state index in [9.17, 15) is 4.79 Å². The summed E-state index contributed by atoms with van der Waals surface area (Å²) in [6, 6.07) is 0.855. The predicted molar refractivity (Wildman–Crippen MR) is 56.0 cm³/mol. The summed E-state index contributed by atoms with van der Waals surface area (Å²) in [6.45, 7) is 5.48. The van der Waals surface area contributed by atoms with Crippen LogP contribution in [0.5, 0.6) is 0 Å².